The molecular weight excluding hydrogens is 222 g/mol. The zero-order valence-corrected chi connectivity index (χ0v) is 11.0. The lowest BCUT2D eigenvalue weighted by atomic mass is 9.91. The fourth-order valence-corrected chi connectivity index (χ4v) is 2.59. The normalized spacial score (nSPS) is 16.7. The van der Waals surface area contributed by atoms with Crippen LogP contribution in [0.5, 0.6) is 0 Å². The predicted molar refractivity (Wildman–Crippen MR) is 74.6 cm³/mol. The number of nitrogens with one attached hydrogen (secondary N) is 1. The van der Waals surface area contributed by atoms with Gasteiger partial charge in [0.2, 0.25) is 0 Å². The molecule has 0 amide bonds. The highest BCUT2D eigenvalue weighted by Crippen LogP contribution is 2.18. The Morgan fingerprint density at radius 1 is 1.11 bits per heavy atom. The number of ketones is 1. The second kappa shape index (κ2) is 7.32. The molecule has 0 spiro atoms. The van der Waals surface area contributed by atoms with Gasteiger partial charge in [0, 0.05) is 12.8 Å². The highest BCUT2D eigenvalue weighted by atomic mass is 16.1. The van der Waals surface area contributed by atoms with E-state index in [1.54, 1.807) is 0 Å². The first kappa shape index (κ1) is 13.3. The average Bonchev–Trinajstić information content (AvgIpc) is 2.45. The van der Waals surface area contributed by atoms with Crippen LogP contribution in [0.4, 0.5) is 0 Å². The summed E-state index contributed by atoms with van der Waals surface area (Å²) in [6.45, 7) is 2.26. The van der Waals surface area contributed by atoms with Crippen molar-refractivity contribution in [2.45, 2.75) is 38.5 Å². The van der Waals surface area contributed by atoms with Gasteiger partial charge in [0.15, 0.2) is 0 Å². The number of benzene rings is 1. The third kappa shape index (κ3) is 4.61. The molecule has 1 aromatic rings. The van der Waals surface area contributed by atoms with E-state index in [1.165, 1.54) is 18.4 Å². The van der Waals surface area contributed by atoms with Gasteiger partial charge in [0.05, 0.1) is 0 Å². The summed E-state index contributed by atoms with van der Waals surface area (Å²) in [7, 11) is 0. The van der Waals surface area contributed by atoms with Crippen LogP contribution in [0.2, 0.25) is 0 Å². The number of piperidine rings is 1. The summed E-state index contributed by atoms with van der Waals surface area (Å²) >= 11 is 0. The summed E-state index contributed by atoms with van der Waals surface area (Å²) in [6.07, 6.45) is 5.95. The predicted octanol–water partition coefficient (Wildman–Crippen LogP) is 2.97. The topological polar surface area (TPSA) is 29.1 Å². The van der Waals surface area contributed by atoms with Crippen molar-refractivity contribution < 1.29 is 4.79 Å². The molecule has 1 aliphatic heterocycles. The minimum absolute atomic E-state index is 0.428. The van der Waals surface area contributed by atoms with Crippen molar-refractivity contribution >= 4 is 5.78 Å². The Balaban J connectivity index is 1.63. The molecule has 1 saturated heterocycles. The third-order valence-corrected chi connectivity index (χ3v) is 3.83. The molecular formula is C16H23NO. The molecule has 18 heavy (non-hydrogen) atoms. The zero-order valence-electron chi connectivity index (χ0n) is 11.0. The lowest BCUT2D eigenvalue weighted by molar-refractivity contribution is -0.119. The molecule has 1 aromatic carbocycles. The minimum Gasteiger partial charge on any atom is -0.317 e. The van der Waals surface area contributed by atoms with Crippen LogP contribution in [0.3, 0.4) is 0 Å². The quantitative estimate of drug-likeness (QED) is 0.835. The molecule has 0 aromatic heterocycles. The Morgan fingerprint density at radius 2 is 1.83 bits per heavy atom. The molecule has 0 unspecified atom stereocenters. The largest absolute Gasteiger partial charge is 0.317 e. The molecule has 1 aliphatic rings. The maximum Gasteiger partial charge on any atom is 0.133 e. The van der Waals surface area contributed by atoms with Crippen molar-refractivity contribution in [3.05, 3.63) is 35.9 Å². The fourth-order valence-electron chi connectivity index (χ4n) is 2.59. The second-order valence-corrected chi connectivity index (χ2v) is 5.26. The van der Waals surface area contributed by atoms with Gasteiger partial charge in [-0.2, -0.15) is 0 Å². The highest BCUT2D eigenvalue weighted by Gasteiger charge is 2.14. The van der Waals surface area contributed by atoms with E-state index in [0.717, 1.165) is 38.3 Å². The molecule has 0 aliphatic carbocycles. The SMILES string of the molecule is O=C(CCc1ccccc1)CCC1CCNCC1. The highest BCUT2D eigenvalue weighted by molar-refractivity contribution is 5.78. The van der Waals surface area contributed by atoms with Gasteiger partial charge in [-0.15, -0.1) is 0 Å². The Labute approximate surface area is 110 Å². The van der Waals surface area contributed by atoms with Gasteiger partial charge in [-0.25, -0.2) is 0 Å². The lowest BCUT2D eigenvalue weighted by Crippen LogP contribution is -2.28. The molecule has 98 valence electrons. The van der Waals surface area contributed by atoms with E-state index >= 15 is 0 Å². The molecule has 0 atom stereocenters. The van der Waals surface area contributed by atoms with E-state index in [4.69, 9.17) is 0 Å². The number of hydrogen-bond acceptors (Lipinski definition) is 2. The molecule has 2 rings (SSSR count). The van der Waals surface area contributed by atoms with E-state index in [1.807, 2.05) is 18.2 Å². The summed E-state index contributed by atoms with van der Waals surface area (Å²) in [6, 6.07) is 10.3. The maximum atomic E-state index is 11.8. The number of aryl methyl sites for hydroxylation is 1. The summed E-state index contributed by atoms with van der Waals surface area (Å²) < 4.78 is 0. The fraction of sp³-hybridized carbons (Fsp3) is 0.562. The van der Waals surface area contributed by atoms with Gasteiger partial charge in [-0.3, -0.25) is 4.79 Å². The standard InChI is InChI=1S/C16H23NO/c18-16(8-6-14-4-2-1-3-5-14)9-7-15-10-12-17-13-11-15/h1-5,15,17H,6-13H2. The van der Waals surface area contributed by atoms with Crippen LogP contribution >= 0.6 is 0 Å². The number of hydrogen-bond donors (Lipinski definition) is 1. The van der Waals surface area contributed by atoms with Gasteiger partial charge in [-0.05, 0) is 50.3 Å². The molecule has 1 fully saturated rings. The molecule has 1 heterocycles. The Bertz CT molecular complexity index is 355. The van der Waals surface area contributed by atoms with Gasteiger partial charge >= 0.3 is 0 Å². The number of Topliss-reactive ketones (excluding diaryl/α,β-unsaturated/α-hetero) is 1. The number of carbonyl (C=O) groups excluding carboxylic acids is 1. The van der Waals surface area contributed by atoms with E-state index in [0.29, 0.717) is 12.2 Å². The summed E-state index contributed by atoms with van der Waals surface area (Å²) in [5, 5.41) is 3.36. The lowest BCUT2D eigenvalue weighted by Gasteiger charge is -2.22. The summed E-state index contributed by atoms with van der Waals surface area (Å²) in [5.74, 6) is 1.20. The Hall–Kier alpha value is -1.15. The monoisotopic (exact) mass is 245 g/mol. The average molecular weight is 245 g/mol. The molecule has 0 bridgehead atoms. The van der Waals surface area contributed by atoms with E-state index < -0.39 is 0 Å². The zero-order chi connectivity index (χ0) is 12.6. The van der Waals surface area contributed by atoms with E-state index in [9.17, 15) is 4.79 Å². The molecule has 0 saturated carbocycles. The first-order valence-electron chi connectivity index (χ1n) is 7.11. The van der Waals surface area contributed by atoms with Gasteiger partial charge in [0.1, 0.15) is 5.78 Å². The maximum absolute atomic E-state index is 11.8. The second-order valence-electron chi connectivity index (χ2n) is 5.26. The smallest absolute Gasteiger partial charge is 0.133 e. The van der Waals surface area contributed by atoms with Crippen LogP contribution in [0.1, 0.15) is 37.7 Å². The Morgan fingerprint density at radius 3 is 2.56 bits per heavy atom. The van der Waals surface area contributed by atoms with Gasteiger partial charge in [-0.1, -0.05) is 30.3 Å². The van der Waals surface area contributed by atoms with Crippen molar-refractivity contribution in [3.63, 3.8) is 0 Å². The number of rotatable bonds is 6. The minimum atomic E-state index is 0.428. The van der Waals surface area contributed by atoms with Crippen LogP contribution in [-0.4, -0.2) is 18.9 Å². The first-order chi connectivity index (χ1) is 8.84. The van der Waals surface area contributed by atoms with Crippen LogP contribution < -0.4 is 5.32 Å². The molecule has 2 heteroatoms. The summed E-state index contributed by atoms with van der Waals surface area (Å²) in [5.41, 5.74) is 1.27. The van der Waals surface area contributed by atoms with Crippen molar-refractivity contribution in [3.8, 4) is 0 Å². The molecule has 0 radical (unpaired) electrons. The van der Waals surface area contributed by atoms with Gasteiger partial charge in [0.25, 0.3) is 0 Å². The Kier molecular flexibility index (Phi) is 5.40. The van der Waals surface area contributed by atoms with Crippen LogP contribution in [-0.2, 0) is 11.2 Å². The van der Waals surface area contributed by atoms with Crippen LogP contribution in [0.15, 0.2) is 30.3 Å². The molecule has 2 nitrogen and oxygen atoms in total. The van der Waals surface area contributed by atoms with E-state index in [2.05, 4.69) is 17.4 Å². The van der Waals surface area contributed by atoms with Crippen molar-refractivity contribution in [1.82, 2.24) is 5.32 Å². The van der Waals surface area contributed by atoms with E-state index in [-0.39, 0.29) is 0 Å². The van der Waals surface area contributed by atoms with Gasteiger partial charge < -0.3 is 5.32 Å². The first-order valence-corrected chi connectivity index (χ1v) is 7.11. The van der Waals surface area contributed by atoms with Crippen LogP contribution in [0, 0.1) is 5.92 Å². The molecule has 1 N–H and O–H groups in total. The van der Waals surface area contributed by atoms with Crippen molar-refractivity contribution in [1.29, 1.82) is 0 Å². The van der Waals surface area contributed by atoms with Crippen molar-refractivity contribution in [2.75, 3.05) is 13.1 Å². The van der Waals surface area contributed by atoms with Crippen molar-refractivity contribution in [2.24, 2.45) is 5.92 Å². The number of carbonyl (C=O) groups is 1. The summed E-state index contributed by atoms with van der Waals surface area (Å²) in [4.78, 5) is 11.8. The third-order valence-electron chi connectivity index (χ3n) is 3.83. The van der Waals surface area contributed by atoms with Crippen LogP contribution in [0.25, 0.3) is 0 Å².